The summed E-state index contributed by atoms with van der Waals surface area (Å²) in [6.45, 7) is 2.13. The number of rotatable bonds is 1. The average Bonchev–Trinajstić information content (AvgIpc) is 2.92. The summed E-state index contributed by atoms with van der Waals surface area (Å²) >= 11 is 1.99. The molecule has 1 aromatic heterocycles. The highest BCUT2D eigenvalue weighted by molar-refractivity contribution is 14.1. The van der Waals surface area contributed by atoms with Crippen LogP contribution < -0.4 is 4.90 Å². The summed E-state index contributed by atoms with van der Waals surface area (Å²) < 4.78 is 41.0. The number of amides is 1. The van der Waals surface area contributed by atoms with Crippen LogP contribution in [0.2, 0.25) is 0 Å². The molecule has 1 amide bonds. The van der Waals surface area contributed by atoms with Crippen LogP contribution in [0.15, 0.2) is 24.4 Å². The van der Waals surface area contributed by atoms with Crippen LogP contribution in [0.4, 0.5) is 18.9 Å². The number of hydrogen-bond donors (Lipinski definition) is 0. The number of aromatic nitrogens is 2. The lowest BCUT2D eigenvalue weighted by Crippen LogP contribution is -2.43. The van der Waals surface area contributed by atoms with Crippen LogP contribution in [0.3, 0.4) is 0 Å². The Kier molecular flexibility index (Phi) is 5.38. The van der Waals surface area contributed by atoms with Gasteiger partial charge in [-0.25, -0.2) is 0 Å². The molecule has 0 N–H and O–H groups in total. The van der Waals surface area contributed by atoms with Crippen LogP contribution in [0.1, 0.15) is 34.6 Å². The second-order valence-electron chi connectivity index (χ2n) is 5.39. The molecule has 1 atom stereocenters. The van der Waals surface area contributed by atoms with Gasteiger partial charge in [-0.05, 0) is 47.7 Å². The fraction of sp³-hybridized carbons (Fsp3) is 0.267. The average molecular weight is 480 g/mol. The zero-order chi connectivity index (χ0) is 17.6. The normalized spacial score (nSPS) is 16.9. The highest BCUT2D eigenvalue weighted by Crippen LogP contribution is 2.35. The van der Waals surface area contributed by atoms with Crippen LogP contribution in [0.5, 0.6) is 0 Å². The largest absolute Gasteiger partial charge is 0.417 e. The molecular formula is C15H12F3IN4OS. The topological polar surface area (TPSA) is 61.9 Å². The molecule has 0 fully saturated rings. The molecule has 3 rings (SSSR count). The van der Waals surface area contributed by atoms with Crippen LogP contribution in [0, 0.1) is 14.9 Å². The lowest BCUT2D eigenvalue weighted by Gasteiger charge is -2.32. The molecular weight excluding hydrogens is 468 g/mol. The van der Waals surface area contributed by atoms with Gasteiger partial charge < -0.3 is 4.90 Å². The Morgan fingerprint density at radius 2 is 2.08 bits per heavy atom. The van der Waals surface area contributed by atoms with Crippen molar-refractivity contribution in [2.75, 3.05) is 11.4 Å². The fourth-order valence-electron chi connectivity index (χ4n) is 2.69. The fourth-order valence-corrected chi connectivity index (χ4v) is 3.29. The molecule has 0 spiro atoms. The highest BCUT2D eigenvalue weighted by atomic mass is 127. The van der Waals surface area contributed by atoms with Crippen LogP contribution in [-0.4, -0.2) is 22.2 Å². The number of nitrogens with zero attached hydrogens (tertiary/aromatic N) is 4. The van der Waals surface area contributed by atoms with Crippen molar-refractivity contribution in [2.24, 2.45) is 0 Å². The molecule has 2 heterocycles. The lowest BCUT2D eigenvalue weighted by molar-refractivity contribution is -0.137. The zero-order valence-corrected chi connectivity index (χ0v) is 16.0. The molecule has 0 bridgehead atoms. The maximum atomic E-state index is 12.9. The van der Waals surface area contributed by atoms with Crippen molar-refractivity contribution in [3.63, 3.8) is 0 Å². The molecule has 1 aromatic carbocycles. The van der Waals surface area contributed by atoms with Crippen molar-refractivity contribution < 1.29 is 18.0 Å². The molecule has 0 aliphatic carbocycles. The Bertz CT molecular complexity index is 875. The van der Waals surface area contributed by atoms with E-state index in [-0.39, 0.29) is 37.7 Å². The van der Waals surface area contributed by atoms with E-state index in [1.165, 1.54) is 11.0 Å². The number of alkyl halides is 3. The third kappa shape index (κ3) is 3.35. The SMILES string of the molecule is C[C@H]1CN(c2ccc(C(F)(F)F)c(C#N)c2)C(=O)c2c(I)cnn21.S. The molecule has 2 aromatic rings. The Labute approximate surface area is 162 Å². The van der Waals surface area contributed by atoms with Crippen molar-refractivity contribution in [1.82, 2.24) is 9.78 Å². The van der Waals surface area contributed by atoms with E-state index in [9.17, 15) is 18.0 Å². The Balaban J connectivity index is 0.00000225. The minimum atomic E-state index is -4.61. The first-order valence-corrected chi connectivity index (χ1v) is 7.98. The Morgan fingerprint density at radius 1 is 1.40 bits per heavy atom. The summed E-state index contributed by atoms with van der Waals surface area (Å²) in [5, 5.41) is 13.2. The predicted octanol–water partition coefficient (Wildman–Crippen LogP) is 3.71. The third-order valence-corrected chi connectivity index (χ3v) is 4.59. The van der Waals surface area contributed by atoms with E-state index in [2.05, 4.69) is 5.10 Å². The molecule has 1 aliphatic rings. The first kappa shape index (κ1) is 19.6. The van der Waals surface area contributed by atoms with Gasteiger partial charge in [0.1, 0.15) is 5.69 Å². The molecule has 0 radical (unpaired) electrons. The van der Waals surface area contributed by atoms with Gasteiger partial charge in [0.2, 0.25) is 0 Å². The summed E-state index contributed by atoms with van der Waals surface area (Å²) in [6, 6.07) is 4.58. The van der Waals surface area contributed by atoms with Gasteiger partial charge in [0.05, 0.1) is 33.0 Å². The van der Waals surface area contributed by atoms with Crippen LogP contribution in [-0.2, 0) is 6.18 Å². The summed E-state index contributed by atoms with van der Waals surface area (Å²) in [5.74, 6) is -0.348. The summed E-state index contributed by atoms with van der Waals surface area (Å²) in [7, 11) is 0. The monoisotopic (exact) mass is 480 g/mol. The molecule has 1 aliphatic heterocycles. The van der Waals surface area contributed by atoms with Gasteiger partial charge in [-0.2, -0.15) is 37.0 Å². The van der Waals surface area contributed by atoms with E-state index < -0.39 is 17.3 Å². The lowest BCUT2D eigenvalue weighted by atomic mass is 10.1. The molecule has 0 saturated carbocycles. The number of hydrogen-bond acceptors (Lipinski definition) is 3. The number of nitriles is 1. The Hall–Kier alpha value is -1.74. The van der Waals surface area contributed by atoms with E-state index >= 15 is 0 Å². The number of carbonyl (C=O) groups excluding carboxylic acids is 1. The second-order valence-corrected chi connectivity index (χ2v) is 6.55. The molecule has 25 heavy (non-hydrogen) atoms. The van der Waals surface area contributed by atoms with Gasteiger partial charge in [-0.3, -0.25) is 9.48 Å². The molecule has 5 nitrogen and oxygen atoms in total. The molecule has 0 saturated heterocycles. The Morgan fingerprint density at radius 3 is 2.68 bits per heavy atom. The van der Waals surface area contributed by atoms with E-state index in [1.54, 1.807) is 16.9 Å². The standard InChI is InChI=1S/C15H10F3IN4O.H2S/c1-8-7-22(14(24)13-12(19)6-21-23(8)13)10-2-3-11(15(16,17)18)9(4-10)5-20;/h2-4,6,8H,7H2,1H3;1H2/t8-;/m0./s1. The van der Waals surface area contributed by atoms with Crippen molar-refractivity contribution in [3.8, 4) is 6.07 Å². The summed E-state index contributed by atoms with van der Waals surface area (Å²) in [6.07, 6.45) is -3.04. The second kappa shape index (κ2) is 6.87. The summed E-state index contributed by atoms with van der Waals surface area (Å²) in [4.78, 5) is 14.1. The van der Waals surface area contributed by atoms with Crippen LogP contribution in [0.25, 0.3) is 0 Å². The molecule has 0 unspecified atom stereocenters. The third-order valence-electron chi connectivity index (χ3n) is 3.80. The maximum absolute atomic E-state index is 12.9. The number of benzene rings is 1. The smallest absolute Gasteiger partial charge is 0.305 e. The minimum absolute atomic E-state index is 0. The van der Waals surface area contributed by atoms with Gasteiger partial charge in [-0.15, -0.1) is 0 Å². The van der Waals surface area contributed by atoms with E-state index in [4.69, 9.17) is 5.26 Å². The van der Waals surface area contributed by atoms with Gasteiger partial charge in [0.15, 0.2) is 0 Å². The van der Waals surface area contributed by atoms with Crippen molar-refractivity contribution in [2.45, 2.75) is 19.1 Å². The predicted molar refractivity (Wildman–Crippen MR) is 97.9 cm³/mol. The van der Waals surface area contributed by atoms with Crippen molar-refractivity contribution in [3.05, 3.63) is 44.8 Å². The number of fused-ring (bicyclic) bond motifs is 1. The number of anilines is 1. The minimum Gasteiger partial charge on any atom is -0.305 e. The van der Waals surface area contributed by atoms with Gasteiger partial charge in [0, 0.05) is 12.2 Å². The van der Waals surface area contributed by atoms with E-state index in [0.717, 1.165) is 12.1 Å². The molecule has 10 heteroatoms. The first-order valence-electron chi connectivity index (χ1n) is 6.90. The number of halogens is 4. The van der Waals surface area contributed by atoms with Crippen molar-refractivity contribution >= 4 is 47.7 Å². The zero-order valence-electron chi connectivity index (χ0n) is 12.8. The van der Waals surface area contributed by atoms with Gasteiger partial charge >= 0.3 is 6.18 Å². The van der Waals surface area contributed by atoms with Crippen LogP contribution >= 0.6 is 36.1 Å². The highest BCUT2D eigenvalue weighted by Gasteiger charge is 2.36. The maximum Gasteiger partial charge on any atom is 0.417 e. The van der Waals surface area contributed by atoms with E-state index in [0.29, 0.717) is 9.26 Å². The summed E-state index contributed by atoms with van der Waals surface area (Å²) in [5.41, 5.74) is -0.854. The first-order chi connectivity index (χ1) is 11.2. The van der Waals surface area contributed by atoms with Gasteiger partial charge in [-0.1, -0.05) is 0 Å². The quantitative estimate of drug-likeness (QED) is 0.585. The number of carbonyl (C=O) groups is 1. The van der Waals surface area contributed by atoms with E-state index in [1.807, 2.05) is 29.5 Å². The molecule has 132 valence electrons. The van der Waals surface area contributed by atoms with Gasteiger partial charge in [0.25, 0.3) is 5.91 Å². The van der Waals surface area contributed by atoms with Crippen molar-refractivity contribution in [1.29, 1.82) is 5.26 Å².